The molecule has 1 saturated heterocycles. The summed E-state index contributed by atoms with van der Waals surface area (Å²) >= 11 is 0. The van der Waals surface area contributed by atoms with E-state index in [1.165, 1.54) is 0 Å². The Labute approximate surface area is 141 Å². The number of nitrogens with zero attached hydrogens (tertiary/aromatic N) is 4. The van der Waals surface area contributed by atoms with E-state index in [0.29, 0.717) is 32.2 Å². The summed E-state index contributed by atoms with van der Waals surface area (Å²) in [6.07, 6.45) is 5.14. The van der Waals surface area contributed by atoms with Crippen molar-refractivity contribution in [2.75, 3.05) is 31.7 Å². The first-order valence-electron chi connectivity index (χ1n) is 7.96. The molecule has 24 heavy (non-hydrogen) atoms. The SMILES string of the molecule is COC[C@@H]1CN(c2ncccn2)C[C@H]1C(=O)NCc1ccccn1. The van der Waals surface area contributed by atoms with Crippen molar-refractivity contribution in [2.45, 2.75) is 6.54 Å². The third kappa shape index (κ3) is 3.86. The van der Waals surface area contributed by atoms with Gasteiger partial charge in [-0.15, -0.1) is 0 Å². The molecule has 0 radical (unpaired) electrons. The van der Waals surface area contributed by atoms with E-state index in [2.05, 4.69) is 20.3 Å². The molecule has 1 N–H and O–H groups in total. The Balaban J connectivity index is 1.64. The van der Waals surface area contributed by atoms with Crippen molar-refractivity contribution in [1.29, 1.82) is 0 Å². The van der Waals surface area contributed by atoms with Crippen LogP contribution in [0.25, 0.3) is 0 Å². The smallest absolute Gasteiger partial charge is 0.225 e. The predicted molar refractivity (Wildman–Crippen MR) is 89.2 cm³/mol. The molecule has 1 amide bonds. The highest BCUT2D eigenvalue weighted by atomic mass is 16.5. The first-order valence-corrected chi connectivity index (χ1v) is 7.96. The summed E-state index contributed by atoms with van der Waals surface area (Å²) in [6, 6.07) is 7.44. The number of anilines is 1. The first-order chi connectivity index (χ1) is 11.8. The molecule has 0 aliphatic carbocycles. The average Bonchev–Trinajstić information content (AvgIpc) is 3.06. The third-order valence-corrected chi connectivity index (χ3v) is 4.16. The Morgan fingerprint density at radius 2 is 2.00 bits per heavy atom. The molecule has 1 aliphatic heterocycles. The number of ether oxygens (including phenoxy) is 1. The summed E-state index contributed by atoms with van der Waals surface area (Å²) in [5.74, 6) is 0.625. The summed E-state index contributed by atoms with van der Waals surface area (Å²) in [5.41, 5.74) is 0.843. The van der Waals surface area contributed by atoms with Crippen molar-refractivity contribution in [3.05, 3.63) is 48.5 Å². The molecule has 2 aromatic heterocycles. The number of hydrogen-bond acceptors (Lipinski definition) is 6. The Kier molecular flexibility index (Phi) is 5.32. The lowest BCUT2D eigenvalue weighted by Crippen LogP contribution is -2.36. The minimum atomic E-state index is -0.155. The van der Waals surface area contributed by atoms with Crippen LogP contribution in [0, 0.1) is 11.8 Å². The van der Waals surface area contributed by atoms with Crippen LogP contribution in [0.5, 0.6) is 0 Å². The largest absolute Gasteiger partial charge is 0.384 e. The van der Waals surface area contributed by atoms with E-state index >= 15 is 0 Å². The third-order valence-electron chi connectivity index (χ3n) is 4.16. The summed E-state index contributed by atoms with van der Waals surface area (Å²) < 4.78 is 5.29. The second-order valence-corrected chi connectivity index (χ2v) is 5.81. The summed E-state index contributed by atoms with van der Waals surface area (Å²) in [5, 5.41) is 2.98. The van der Waals surface area contributed by atoms with E-state index in [0.717, 1.165) is 5.69 Å². The number of pyridine rings is 1. The van der Waals surface area contributed by atoms with Gasteiger partial charge in [0.05, 0.1) is 24.8 Å². The second kappa shape index (κ2) is 7.83. The molecule has 0 unspecified atom stereocenters. The maximum Gasteiger partial charge on any atom is 0.225 e. The van der Waals surface area contributed by atoms with Gasteiger partial charge < -0.3 is 15.0 Å². The van der Waals surface area contributed by atoms with Crippen molar-refractivity contribution < 1.29 is 9.53 Å². The molecule has 1 fully saturated rings. The molecular weight excluding hydrogens is 306 g/mol. The molecule has 0 saturated carbocycles. The van der Waals surface area contributed by atoms with Crippen LogP contribution in [0.2, 0.25) is 0 Å². The highest BCUT2D eigenvalue weighted by Gasteiger charge is 2.38. The van der Waals surface area contributed by atoms with Gasteiger partial charge in [-0.25, -0.2) is 9.97 Å². The van der Waals surface area contributed by atoms with E-state index in [1.807, 2.05) is 23.1 Å². The van der Waals surface area contributed by atoms with Gasteiger partial charge in [0.15, 0.2) is 0 Å². The topological polar surface area (TPSA) is 80.2 Å². The molecular formula is C17H21N5O2. The number of amides is 1. The summed E-state index contributed by atoms with van der Waals surface area (Å²) in [4.78, 5) is 27.4. The van der Waals surface area contributed by atoms with Gasteiger partial charge in [-0.3, -0.25) is 9.78 Å². The predicted octanol–water partition coefficient (Wildman–Crippen LogP) is 0.887. The van der Waals surface area contributed by atoms with Gasteiger partial charge in [0, 0.05) is 44.7 Å². The quantitative estimate of drug-likeness (QED) is 0.849. The number of aromatic nitrogens is 3. The summed E-state index contributed by atoms with van der Waals surface area (Å²) in [6.45, 7) is 2.26. The Morgan fingerprint density at radius 3 is 2.71 bits per heavy atom. The average molecular weight is 327 g/mol. The normalized spacial score (nSPS) is 20.1. The summed E-state index contributed by atoms with van der Waals surface area (Å²) in [7, 11) is 1.66. The molecule has 0 aromatic carbocycles. The molecule has 3 rings (SSSR count). The first kappa shape index (κ1) is 16.3. The van der Waals surface area contributed by atoms with Gasteiger partial charge in [-0.05, 0) is 18.2 Å². The van der Waals surface area contributed by atoms with Crippen LogP contribution in [0.1, 0.15) is 5.69 Å². The van der Waals surface area contributed by atoms with Crippen LogP contribution in [0.15, 0.2) is 42.9 Å². The van der Waals surface area contributed by atoms with E-state index in [9.17, 15) is 4.79 Å². The molecule has 2 atom stereocenters. The number of hydrogen-bond donors (Lipinski definition) is 1. The van der Waals surface area contributed by atoms with Crippen molar-refractivity contribution in [2.24, 2.45) is 11.8 Å². The molecule has 0 bridgehead atoms. The molecule has 126 valence electrons. The Morgan fingerprint density at radius 1 is 1.21 bits per heavy atom. The lowest BCUT2D eigenvalue weighted by Gasteiger charge is -2.16. The zero-order chi connectivity index (χ0) is 16.8. The zero-order valence-corrected chi connectivity index (χ0v) is 13.6. The molecule has 7 heteroatoms. The van der Waals surface area contributed by atoms with Crippen LogP contribution in [0.4, 0.5) is 5.95 Å². The van der Waals surface area contributed by atoms with Crippen LogP contribution < -0.4 is 10.2 Å². The monoisotopic (exact) mass is 327 g/mol. The Hall–Kier alpha value is -2.54. The fraction of sp³-hybridized carbons (Fsp3) is 0.412. The number of rotatable bonds is 6. The van der Waals surface area contributed by atoms with E-state index in [1.54, 1.807) is 31.8 Å². The number of methoxy groups -OCH3 is 1. The van der Waals surface area contributed by atoms with Crippen molar-refractivity contribution in [3.63, 3.8) is 0 Å². The van der Waals surface area contributed by atoms with Crippen LogP contribution in [-0.2, 0) is 16.1 Å². The van der Waals surface area contributed by atoms with Gasteiger partial charge in [0.2, 0.25) is 11.9 Å². The minimum Gasteiger partial charge on any atom is -0.384 e. The molecule has 2 aromatic rings. The Bertz CT molecular complexity index is 653. The van der Waals surface area contributed by atoms with E-state index < -0.39 is 0 Å². The lowest BCUT2D eigenvalue weighted by molar-refractivity contribution is -0.126. The second-order valence-electron chi connectivity index (χ2n) is 5.81. The highest BCUT2D eigenvalue weighted by molar-refractivity contribution is 5.80. The fourth-order valence-electron chi connectivity index (χ4n) is 2.98. The number of carbonyl (C=O) groups is 1. The number of carbonyl (C=O) groups excluding carboxylic acids is 1. The zero-order valence-electron chi connectivity index (χ0n) is 13.6. The van der Waals surface area contributed by atoms with E-state index in [-0.39, 0.29) is 17.7 Å². The van der Waals surface area contributed by atoms with Gasteiger partial charge in [-0.2, -0.15) is 0 Å². The van der Waals surface area contributed by atoms with Crippen molar-refractivity contribution >= 4 is 11.9 Å². The van der Waals surface area contributed by atoms with Crippen molar-refractivity contribution in [1.82, 2.24) is 20.3 Å². The van der Waals surface area contributed by atoms with Crippen LogP contribution in [0.3, 0.4) is 0 Å². The molecule has 3 heterocycles. The lowest BCUT2D eigenvalue weighted by atomic mass is 9.96. The van der Waals surface area contributed by atoms with Gasteiger partial charge in [0.1, 0.15) is 0 Å². The van der Waals surface area contributed by atoms with Crippen LogP contribution >= 0.6 is 0 Å². The molecule has 0 spiro atoms. The highest BCUT2D eigenvalue weighted by Crippen LogP contribution is 2.26. The minimum absolute atomic E-state index is 0.0149. The molecule has 7 nitrogen and oxygen atoms in total. The van der Waals surface area contributed by atoms with Gasteiger partial charge >= 0.3 is 0 Å². The van der Waals surface area contributed by atoms with Gasteiger partial charge in [0.25, 0.3) is 0 Å². The van der Waals surface area contributed by atoms with Crippen molar-refractivity contribution in [3.8, 4) is 0 Å². The maximum atomic E-state index is 12.6. The number of nitrogens with one attached hydrogen (secondary N) is 1. The van der Waals surface area contributed by atoms with Gasteiger partial charge in [-0.1, -0.05) is 6.07 Å². The standard InChI is InChI=1S/C17H21N5O2/c1-24-12-13-10-22(17-19-7-4-8-20-17)11-15(13)16(23)21-9-14-5-2-3-6-18-14/h2-8,13,15H,9-12H2,1H3,(H,21,23)/t13-,15+/m0/s1. The van der Waals surface area contributed by atoms with Crippen LogP contribution in [-0.4, -0.2) is 47.7 Å². The maximum absolute atomic E-state index is 12.6. The fourth-order valence-corrected chi connectivity index (χ4v) is 2.98. The molecule has 1 aliphatic rings. The van der Waals surface area contributed by atoms with E-state index in [4.69, 9.17) is 4.74 Å².